The van der Waals surface area contributed by atoms with Crippen LogP contribution in [0.25, 0.3) is 5.69 Å². The number of imide groups is 1. The van der Waals surface area contributed by atoms with Crippen LogP contribution in [-0.2, 0) is 22.7 Å². The van der Waals surface area contributed by atoms with Crippen LogP contribution in [0.3, 0.4) is 0 Å². The average Bonchev–Trinajstić information content (AvgIpc) is 3.46. The molecular weight excluding hydrogens is 452 g/mol. The van der Waals surface area contributed by atoms with E-state index in [1.807, 2.05) is 13.0 Å². The topological polar surface area (TPSA) is 147 Å². The number of benzene rings is 2. The number of para-hydroxylation sites is 1. The normalized spacial score (nSPS) is 17.4. The van der Waals surface area contributed by atoms with Gasteiger partial charge in [0.2, 0.25) is 11.8 Å². The molecule has 11 nitrogen and oxygen atoms in total. The van der Waals surface area contributed by atoms with Gasteiger partial charge in [-0.3, -0.25) is 24.5 Å². The standard InChI is InChI=1S/C24H22N6O5/c1-13-3-2-4-14(12-31)21(13)26-22(33)18-11-30(28-27-18)16-5-6-17-15(9-16)10-29(24(17)35)19-7-8-20(32)25-23(19)34/h2-6,9,11,19,31H,7-8,10,12H2,1H3,(H,26,33)(H,25,32,34). The summed E-state index contributed by atoms with van der Waals surface area (Å²) in [5, 5.41) is 22.6. The molecule has 0 spiro atoms. The Balaban J connectivity index is 1.34. The van der Waals surface area contributed by atoms with Gasteiger partial charge in [0.05, 0.1) is 18.5 Å². The van der Waals surface area contributed by atoms with Gasteiger partial charge in [0, 0.05) is 29.8 Å². The van der Waals surface area contributed by atoms with Crippen molar-refractivity contribution in [3.63, 3.8) is 0 Å². The Hall–Kier alpha value is -4.38. The number of amides is 4. The second-order valence-corrected chi connectivity index (χ2v) is 8.51. The Morgan fingerprint density at radius 1 is 1.23 bits per heavy atom. The second kappa shape index (κ2) is 8.76. The first-order valence-electron chi connectivity index (χ1n) is 11.1. The number of nitrogens with one attached hydrogen (secondary N) is 2. The summed E-state index contributed by atoms with van der Waals surface area (Å²) in [5.41, 5.74) is 3.80. The molecule has 11 heteroatoms. The molecule has 0 radical (unpaired) electrons. The van der Waals surface area contributed by atoms with E-state index in [1.165, 1.54) is 15.8 Å². The summed E-state index contributed by atoms with van der Waals surface area (Å²) < 4.78 is 1.43. The number of fused-ring (bicyclic) bond motifs is 1. The lowest BCUT2D eigenvalue weighted by molar-refractivity contribution is -0.136. The highest BCUT2D eigenvalue weighted by molar-refractivity contribution is 6.05. The van der Waals surface area contributed by atoms with E-state index in [1.54, 1.807) is 30.3 Å². The zero-order valence-electron chi connectivity index (χ0n) is 18.8. The van der Waals surface area contributed by atoms with Crippen molar-refractivity contribution in [2.45, 2.75) is 39.0 Å². The molecule has 178 valence electrons. The quantitative estimate of drug-likeness (QED) is 0.469. The summed E-state index contributed by atoms with van der Waals surface area (Å²) in [5.74, 6) is -1.54. The number of piperidine rings is 1. The highest BCUT2D eigenvalue weighted by Gasteiger charge is 2.39. The minimum Gasteiger partial charge on any atom is -0.392 e. The van der Waals surface area contributed by atoms with E-state index in [9.17, 15) is 24.3 Å². The first kappa shape index (κ1) is 22.4. The lowest BCUT2D eigenvalue weighted by Gasteiger charge is -2.29. The predicted molar refractivity (Wildman–Crippen MR) is 122 cm³/mol. The SMILES string of the molecule is Cc1cccc(CO)c1NC(=O)c1cn(-c2ccc3c(c2)CN(C2CCC(=O)NC2=O)C3=O)nn1. The van der Waals surface area contributed by atoms with Crippen LogP contribution >= 0.6 is 0 Å². The lowest BCUT2D eigenvalue weighted by atomic mass is 10.0. The molecule has 1 unspecified atom stereocenters. The van der Waals surface area contributed by atoms with Crippen LogP contribution in [0.15, 0.2) is 42.6 Å². The molecule has 2 aliphatic heterocycles. The van der Waals surface area contributed by atoms with Crippen LogP contribution in [0.4, 0.5) is 5.69 Å². The highest BCUT2D eigenvalue weighted by atomic mass is 16.3. The molecule has 0 saturated carbocycles. The number of aryl methyl sites for hydroxylation is 1. The first-order valence-corrected chi connectivity index (χ1v) is 11.1. The number of carbonyl (C=O) groups excluding carboxylic acids is 4. The maximum absolute atomic E-state index is 12.9. The summed E-state index contributed by atoms with van der Waals surface area (Å²) in [6.45, 7) is 1.84. The third-order valence-electron chi connectivity index (χ3n) is 6.27. The molecule has 5 rings (SSSR count). The molecule has 3 N–H and O–H groups in total. The predicted octanol–water partition coefficient (Wildman–Crippen LogP) is 1.08. The van der Waals surface area contributed by atoms with E-state index < -0.39 is 17.9 Å². The fraction of sp³-hybridized carbons (Fsp3) is 0.250. The molecular formula is C24H22N6O5. The first-order chi connectivity index (χ1) is 16.9. The van der Waals surface area contributed by atoms with E-state index in [-0.39, 0.29) is 43.5 Å². The Morgan fingerprint density at radius 3 is 2.83 bits per heavy atom. The Bertz CT molecular complexity index is 1380. The summed E-state index contributed by atoms with van der Waals surface area (Å²) in [6, 6.07) is 9.77. The Kier molecular flexibility index (Phi) is 5.61. The van der Waals surface area contributed by atoms with Crippen molar-refractivity contribution in [1.82, 2.24) is 25.2 Å². The fourth-order valence-corrected chi connectivity index (χ4v) is 4.41. The second-order valence-electron chi connectivity index (χ2n) is 8.51. The number of hydrogen-bond acceptors (Lipinski definition) is 7. The minimum atomic E-state index is -0.692. The van der Waals surface area contributed by atoms with Gasteiger partial charge in [-0.1, -0.05) is 23.4 Å². The van der Waals surface area contributed by atoms with E-state index in [4.69, 9.17) is 0 Å². The van der Waals surface area contributed by atoms with Crippen molar-refractivity contribution in [3.8, 4) is 5.69 Å². The Morgan fingerprint density at radius 2 is 2.06 bits per heavy atom. The number of aliphatic hydroxyl groups is 1. The van der Waals surface area contributed by atoms with Crippen LogP contribution in [-0.4, -0.2) is 54.7 Å². The van der Waals surface area contributed by atoms with E-state index in [0.717, 1.165) is 5.56 Å². The maximum Gasteiger partial charge on any atom is 0.277 e. The van der Waals surface area contributed by atoms with Crippen molar-refractivity contribution in [2.24, 2.45) is 0 Å². The monoisotopic (exact) mass is 474 g/mol. The van der Waals surface area contributed by atoms with E-state index in [0.29, 0.717) is 28.1 Å². The third kappa shape index (κ3) is 4.06. The number of aromatic nitrogens is 3. The molecule has 0 bridgehead atoms. The molecule has 0 aliphatic carbocycles. The van der Waals surface area contributed by atoms with Crippen LogP contribution in [0.1, 0.15) is 50.4 Å². The zero-order chi connectivity index (χ0) is 24.7. The number of anilines is 1. The van der Waals surface area contributed by atoms with Gasteiger partial charge in [-0.25, -0.2) is 4.68 Å². The fourth-order valence-electron chi connectivity index (χ4n) is 4.41. The smallest absolute Gasteiger partial charge is 0.277 e. The van der Waals surface area contributed by atoms with Crippen molar-refractivity contribution in [1.29, 1.82) is 0 Å². The largest absolute Gasteiger partial charge is 0.392 e. The average molecular weight is 474 g/mol. The highest BCUT2D eigenvalue weighted by Crippen LogP contribution is 2.29. The van der Waals surface area contributed by atoms with Crippen molar-refractivity contribution in [2.75, 3.05) is 5.32 Å². The molecule has 35 heavy (non-hydrogen) atoms. The number of carbonyl (C=O) groups is 4. The molecule has 2 aromatic carbocycles. The van der Waals surface area contributed by atoms with Crippen LogP contribution < -0.4 is 10.6 Å². The maximum atomic E-state index is 12.9. The number of rotatable bonds is 5. The summed E-state index contributed by atoms with van der Waals surface area (Å²) in [4.78, 5) is 50.8. The van der Waals surface area contributed by atoms with Gasteiger partial charge in [0.15, 0.2) is 5.69 Å². The van der Waals surface area contributed by atoms with Gasteiger partial charge >= 0.3 is 0 Å². The summed E-state index contributed by atoms with van der Waals surface area (Å²) >= 11 is 0. The van der Waals surface area contributed by atoms with Gasteiger partial charge in [0.25, 0.3) is 11.8 Å². The summed E-state index contributed by atoms with van der Waals surface area (Å²) in [6.07, 6.45) is 1.95. The Labute approximate surface area is 199 Å². The van der Waals surface area contributed by atoms with E-state index in [2.05, 4.69) is 20.9 Å². The summed E-state index contributed by atoms with van der Waals surface area (Å²) in [7, 11) is 0. The molecule has 1 atom stereocenters. The molecule has 1 saturated heterocycles. The minimum absolute atomic E-state index is 0.0823. The number of aliphatic hydroxyl groups excluding tert-OH is 1. The van der Waals surface area contributed by atoms with E-state index >= 15 is 0 Å². The van der Waals surface area contributed by atoms with Gasteiger partial charge in [0.1, 0.15) is 6.04 Å². The number of hydrogen-bond donors (Lipinski definition) is 3. The van der Waals surface area contributed by atoms with Gasteiger partial charge in [-0.05, 0) is 42.7 Å². The molecule has 3 aromatic rings. The third-order valence-corrected chi connectivity index (χ3v) is 6.27. The molecule has 1 aromatic heterocycles. The molecule has 1 fully saturated rings. The zero-order valence-corrected chi connectivity index (χ0v) is 18.8. The lowest BCUT2D eigenvalue weighted by Crippen LogP contribution is -2.52. The van der Waals surface area contributed by atoms with Gasteiger partial charge in [-0.15, -0.1) is 5.10 Å². The van der Waals surface area contributed by atoms with Gasteiger partial charge < -0.3 is 15.3 Å². The molecule has 2 aliphatic rings. The van der Waals surface area contributed by atoms with Crippen molar-refractivity contribution >= 4 is 29.3 Å². The van der Waals surface area contributed by atoms with Crippen LogP contribution in [0, 0.1) is 6.92 Å². The van der Waals surface area contributed by atoms with Crippen LogP contribution in [0.5, 0.6) is 0 Å². The van der Waals surface area contributed by atoms with Crippen molar-refractivity contribution < 1.29 is 24.3 Å². The van der Waals surface area contributed by atoms with Crippen molar-refractivity contribution in [3.05, 3.63) is 70.5 Å². The number of nitrogens with zero attached hydrogens (tertiary/aromatic N) is 4. The molecule has 3 heterocycles. The van der Waals surface area contributed by atoms with Crippen LogP contribution in [0.2, 0.25) is 0 Å². The molecule has 4 amide bonds. The van der Waals surface area contributed by atoms with Gasteiger partial charge in [-0.2, -0.15) is 0 Å².